The summed E-state index contributed by atoms with van der Waals surface area (Å²) in [6.07, 6.45) is 5.83. The molecule has 0 aromatic carbocycles. The summed E-state index contributed by atoms with van der Waals surface area (Å²) in [6, 6.07) is 0. The average Bonchev–Trinajstić information content (AvgIpc) is 2.96. The lowest BCUT2D eigenvalue weighted by molar-refractivity contribution is -0.136. The number of piperidine rings is 1. The van der Waals surface area contributed by atoms with Crippen LogP contribution in [0.25, 0.3) is 0 Å². The van der Waals surface area contributed by atoms with Crippen molar-refractivity contribution in [3.63, 3.8) is 0 Å². The third-order valence-corrected chi connectivity index (χ3v) is 4.96. The molecule has 2 saturated heterocycles. The monoisotopic (exact) mass is 282 g/mol. The van der Waals surface area contributed by atoms with Gasteiger partial charge in [0, 0.05) is 33.4 Å². The number of methoxy groups -OCH3 is 1. The summed E-state index contributed by atoms with van der Waals surface area (Å²) in [6.45, 7) is 8.14. The van der Waals surface area contributed by atoms with Crippen molar-refractivity contribution in [2.45, 2.75) is 39.0 Å². The zero-order valence-electron chi connectivity index (χ0n) is 13.1. The highest BCUT2D eigenvalue weighted by atomic mass is 16.5. The van der Waals surface area contributed by atoms with Crippen molar-refractivity contribution in [3.05, 3.63) is 0 Å². The van der Waals surface area contributed by atoms with Gasteiger partial charge in [0.25, 0.3) is 0 Å². The van der Waals surface area contributed by atoms with E-state index < -0.39 is 0 Å². The molecule has 0 N–H and O–H groups in total. The van der Waals surface area contributed by atoms with E-state index in [0.717, 1.165) is 58.1 Å². The molecule has 2 fully saturated rings. The Bertz CT molecular complexity index is 301. The van der Waals surface area contributed by atoms with E-state index in [2.05, 4.69) is 16.7 Å². The van der Waals surface area contributed by atoms with Crippen molar-refractivity contribution >= 4 is 5.91 Å². The lowest BCUT2D eigenvalue weighted by Crippen LogP contribution is -2.42. The van der Waals surface area contributed by atoms with Crippen LogP contribution in [0.1, 0.15) is 39.0 Å². The molecular weight excluding hydrogens is 252 g/mol. The molecule has 116 valence electrons. The summed E-state index contributed by atoms with van der Waals surface area (Å²) in [4.78, 5) is 17.0. The molecular formula is C16H30N2O2. The van der Waals surface area contributed by atoms with Crippen LogP contribution in [0.5, 0.6) is 0 Å². The highest BCUT2D eigenvalue weighted by Gasteiger charge is 2.32. The number of carbonyl (C=O) groups excluding carboxylic acids is 1. The Balaban J connectivity index is 1.69. The van der Waals surface area contributed by atoms with E-state index in [4.69, 9.17) is 4.74 Å². The van der Waals surface area contributed by atoms with E-state index in [9.17, 15) is 4.79 Å². The minimum Gasteiger partial charge on any atom is -0.385 e. The van der Waals surface area contributed by atoms with E-state index >= 15 is 0 Å². The number of hydrogen-bond acceptors (Lipinski definition) is 3. The van der Waals surface area contributed by atoms with Crippen LogP contribution in [0, 0.1) is 11.8 Å². The summed E-state index contributed by atoms with van der Waals surface area (Å²) in [5, 5.41) is 0. The van der Waals surface area contributed by atoms with Crippen LogP contribution in [-0.2, 0) is 9.53 Å². The van der Waals surface area contributed by atoms with Crippen LogP contribution in [0.2, 0.25) is 0 Å². The molecule has 0 bridgehead atoms. The number of carbonyl (C=O) groups is 1. The van der Waals surface area contributed by atoms with Crippen LogP contribution < -0.4 is 0 Å². The molecule has 4 heteroatoms. The summed E-state index contributed by atoms with van der Waals surface area (Å²) < 4.78 is 5.11. The van der Waals surface area contributed by atoms with Crippen molar-refractivity contribution in [3.8, 4) is 0 Å². The van der Waals surface area contributed by atoms with Gasteiger partial charge in [-0.1, -0.05) is 6.92 Å². The summed E-state index contributed by atoms with van der Waals surface area (Å²) >= 11 is 0. The quantitative estimate of drug-likeness (QED) is 0.699. The van der Waals surface area contributed by atoms with Gasteiger partial charge in [-0.15, -0.1) is 0 Å². The highest BCUT2D eigenvalue weighted by Crippen LogP contribution is 2.25. The molecule has 20 heavy (non-hydrogen) atoms. The van der Waals surface area contributed by atoms with Gasteiger partial charge in [-0.05, 0) is 51.1 Å². The molecule has 1 atom stereocenters. The predicted octanol–water partition coefficient (Wildman–Crippen LogP) is 1.99. The molecule has 2 aliphatic rings. The topological polar surface area (TPSA) is 32.8 Å². The van der Waals surface area contributed by atoms with Crippen molar-refractivity contribution in [1.29, 1.82) is 0 Å². The minimum atomic E-state index is 0.264. The van der Waals surface area contributed by atoms with Crippen LogP contribution in [0.15, 0.2) is 0 Å². The number of amides is 1. The first-order chi connectivity index (χ1) is 9.74. The number of rotatable bonds is 6. The standard InChI is InChI=1S/C16H30N2O2/c1-3-17-9-8-15(13-17)16(19)18-10-6-14(7-11-18)5-4-12-20-2/h14-15H,3-13H2,1-2H3/t15-/m0/s1. The Morgan fingerprint density at radius 3 is 2.55 bits per heavy atom. The fourth-order valence-corrected chi connectivity index (χ4v) is 3.54. The Kier molecular flexibility index (Phi) is 6.30. The van der Waals surface area contributed by atoms with E-state index in [1.54, 1.807) is 7.11 Å². The molecule has 2 aliphatic heterocycles. The van der Waals surface area contributed by atoms with Crippen LogP contribution in [-0.4, -0.2) is 62.1 Å². The van der Waals surface area contributed by atoms with E-state index in [0.29, 0.717) is 5.91 Å². The van der Waals surface area contributed by atoms with E-state index in [1.165, 1.54) is 19.3 Å². The maximum absolute atomic E-state index is 12.5. The number of hydrogen-bond donors (Lipinski definition) is 0. The SMILES string of the molecule is CCN1CC[C@H](C(=O)N2CCC(CCCOC)CC2)C1. The van der Waals surface area contributed by atoms with Crippen molar-refractivity contribution in [2.75, 3.05) is 46.4 Å². The predicted molar refractivity (Wildman–Crippen MR) is 80.6 cm³/mol. The van der Waals surface area contributed by atoms with Crippen LogP contribution in [0.3, 0.4) is 0 Å². The minimum absolute atomic E-state index is 0.264. The smallest absolute Gasteiger partial charge is 0.227 e. The molecule has 2 rings (SSSR count). The van der Waals surface area contributed by atoms with Gasteiger partial charge in [0.2, 0.25) is 5.91 Å². The molecule has 0 aliphatic carbocycles. The average molecular weight is 282 g/mol. The molecule has 0 aromatic rings. The van der Waals surface area contributed by atoms with Crippen molar-refractivity contribution in [2.24, 2.45) is 11.8 Å². The molecule has 0 radical (unpaired) electrons. The molecule has 0 saturated carbocycles. The van der Waals surface area contributed by atoms with Crippen molar-refractivity contribution < 1.29 is 9.53 Å². The highest BCUT2D eigenvalue weighted by molar-refractivity contribution is 5.79. The second-order valence-corrected chi connectivity index (χ2v) is 6.28. The summed E-state index contributed by atoms with van der Waals surface area (Å²) in [7, 11) is 1.77. The third kappa shape index (κ3) is 4.19. The zero-order chi connectivity index (χ0) is 14.4. The van der Waals surface area contributed by atoms with Gasteiger partial charge in [-0.2, -0.15) is 0 Å². The van der Waals surface area contributed by atoms with E-state index in [1.807, 2.05) is 0 Å². The summed E-state index contributed by atoms with van der Waals surface area (Å²) in [5.74, 6) is 1.47. The van der Waals surface area contributed by atoms with Gasteiger partial charge < -0.3 is 14.5 Å². The molecule has 0 spiro atoms. The van der Waals surface area contributed by atoms with Gasteiger partial charge in [0.05, 0.1) is 5.92 Å². The Morgan fingerprint density at radius 1 is 1.20 bits per heavy atom. The van der Waals surface area contributed by atoms with Crippen LogP contribution in [0.4, 0.5) is 0 Å². The van der Waals surface area contributed by atoms with Crippen LogP contribution >= 0.6 is 0 Å². The first kappa shape index (κ1) is 15.8. The maximum Gasteiger partial charge on any atom is 0.227 e. The second kappa shape index (κ2) is 7.99. The van der Waals surface area contributed by atoms with Gasteiger partial charge >= 0.3 is 0 Å². The van der Waals surface area contributed by atoms with Crippen molar-refractivity contribution in [1.82, 2.24) is 9.80 Å². The third-order valence-electron chi connectivity index (χ3n) is 4.96. The van der Waals surface area contributed by atoms with Gasteiger partial charge in [0.1, 0.15) is 0 Å². The fraction of sp³-hybridized carbons (Fsp3) is 0.938. The fourth-order valence-electron chi connectivity index (χ4n) is 3.54. The first-order valence-corrected chi connectivity index (χ1v) is 8.24. The lowest BCUT2D eigenvalue weighted by atomic mass is 9.91. The maximum atomic E-state index is 12.5. The second-order valence-electron chi connectivity index (χ2n) is 6.28. The lowest BCUT2D eigenvalue weighted by Gasteiger charge is -2.33. The van der Waals surface area contributed by atoms with E-state index in [-0.39, 0.29) is 5.92 Å². The normalized spacial score (nSPS) is 25.3. The molecule has 0 aromatic heterocycles. The first-order valence-electron chi connectivity index (χ1n) is 8.24. The number of nitrogens with zero attached hydrogens (tertiary/aromatic N) is 2. The van der Waals surface area contributed by atoms with Gasteiger partial charge in [-0.25, -0.2) is 0 Å². The molecule has 4 nitrogen and oxygen atoms in total. The Labute approximate surface area is 123 Å². The summed E-state index contributed by atoms with van der Waals surface area (Å²) in [5.41, 5.74) is 0. The van der Waals surface area contributed by atoms with Gasteiger partial charge in [0.15, 0.2) is 0 Å². The number of likely N-dealkylation sites (tertiary alicyclic amines) is 2. The zero-order valence-corrected chi connectivity index (χ0v) is 13.1. The Morgan fingerprint density at radius 2 is 1.95 bits per heavy atom. The van der Waals surface area contributed by atoms with Gasteiger partial charge in [-0.3, -0.25) is 4.79 Å². The largest absolute Gasteiger partial charge is 0.385 e. The molecule has 0 unspecified atom stereocenters. The number of ether oxygens (including phenoxy) is 1. The Hall–Kier alpha value is -0.610. The molecule has 1 amide bonds. The molecule has 2 heterocycles.